The Morgan fingerprint density at radius 1 is 1.43 bits per heavy atom. The van der Waals surface area contributed by atoms with E-state index in [0.717, 1.165) is 0 Å². The Kier molecular flexibility index (Phi) is 5.02. The van der Waals surface area contributed by atoms with Crippen LogP contribution in [0.1, 0.15) is 34.6 Å². The Bertz CT molecular complexity index is 242. The molecule has 0 heterocycles. The summed E-state index contributed by atoms with van der Waals surface area (Å²) in [4.78, 5) is 4.96. The Morgan fingerprint density at radius 2 is 1.93 bits per heavy atom. The van der Waals surface area contributed by atoms with Crippen LogP contribution in [-0.2, 0) is 18.7 Å². The van der Waals surface area contributed by atoms with Crippen molar-refractivity contribution in [3.05, 3.63) is 11.9 Å². The maximum atomic E-state index is 11.9. The van der Waals surface area contributed by atoms with E-state index in [0.29, 0.717) is 5.31 Å². The molecule has 0 spiro atoms. The molecule has 0 saturated heterocycles. The lowest BCUT2D eigenvalue weighted by Crippen LogP contribution is -2.19. The van der Waals surface area contributed by atoms with E-state index in [1.165, 1.54) is 0 Å². The fourth-order valence-corrected chi connectivity index (χ4v) is 1.58. The molecule has 1 atom stereocenters. The van der Waals surface area contributed by atoms with Crippen LogP contribution in [0.3, 0.4) is 0 Å². The lowest BCUT2D eigenvalue weighted by atomic mass is 10.2. The topological polar surface area (TPSA) is 44.8 Å². The average Bonchev–Trinajstić information content (AvgIpc) is 2.00. The van der Waals surface area contributed by atoms with Crippen LogP contribution in [0.5, 0.6) is 0 Å². The van der Waals surface area contributed by atoms with E-state index < -0.39 is 13.2 Å². The first-order valence-electron chi connectivity index (χ1n) is 4.49. The summed E-state index contributed by atoms with van der Waals surface area (Å²) in [5, 5.41) is 0.337. The summed E-state index contributed by atoms with van der Waals surface area (Å²) in [5.74, 6) is 0. The molecule has 0 N–H and O–H groups in total. The maximum absolute atomic E-state index is 11.9. The van der Waals surface area contributed by atoms with Crippen molar-refractivity contribution in [3.8, 4) is 0 Å². The second-order valence-corrected chi connectivity index (χ2v) is 6.09. The van der Waals surface area contributed by atoms with Crippen molar-refractivity contribution < 1.29 is 18.7 Å². The number of allylic oxidation sites excluding steroid dienone is 1. The van der Waals surface area contributed by atoms with Crippen LogP contribution in [0.2, 0.25) is 0 Å². The standard InChI is InChI=1S/C9H19O4P/c1-7-11-14(10,8(2)3)13-12-9(4,5)6/h2,7H2,1,3-6H3. The van der Waals surface area contributed by atoms with Crippen molar-refractivity contribution in [2.75, 3.05) is 6.61 Å². The van der Waals surface area contributed by atoms with Gasteiger partial charge in [-0.2, -0.15) is 0 Å². The van der Waals surface area contributed by atoms with Crippen LogP contribution in [-0.4, -0.2) is 12.2 Å². The van der Waals surface area contributed by atoms with E-state index in [1.54, 1.807) is 34.6 Å². The normalized spacial score (nSPS) is 16.4. The fraction of sp³-hybridized carbons (Fsp3) is 0.778. The van der Waals surface area contributed by atoms with Crippen molar-refractivity contribution in [2.24, 2.45) is 0 Å². The lowest BCUT2D eigenvalue weighted by Gasteiger charge is -2.22. The monoisotopic (exact) mass is 222 g/mol. The van der Waals surface area contributed by atoms with E-state index in [4.69, 9.17) is 14.1 Å². The summed E-state index contributed by atoms with van der Waals surface area (Å²) in [6.45, 7) is 12.5. The third-order valence-corrected chi connectivity index (χ3v) is 2.96. The molecule has 0 rings (SSSR count). The van der Waals surface area contributed by atoms with Gasteiger partial charge >= 0.3 is 7.60 Å². The summed E-state index contributed by atoms with van der Waals surface area (Å²) in [5.41, 5.74) is -0.526. The molecule has 0 amide bonds. The van der Waals surface area contributed by atoms with Gasteiger partial charge in [-0.15, -0.1) is 4.67 Å². The molecule has 0 aliphatic carbocycles. The third-order valence-electron chi connectivity index (χ3n) is 1.15. The maximum Gasteiger partial charge on any atom is 0.383 e. The first kappa shape index (κ1) is 13.8. The molecule has 84 valence electrons. The SMILES string of the molecule is C=C(C)P(=O)(OCC)OOC(C)(C)C. The van der Waals surface area contributed by atoms with E-state index >= 15 is 0 Å². The Balaban J connectivity index is 4.40. The van der Waals surface area contributed by atoms with Gasteiger partial charge in [-0.05, 0) is 34.6 Å². The van der Waals surface area contributed by atoms with Crippen molar-refractivity contribution in [2.45, 2.75) is 40.2 Å². The summed E-state index contributed by atoms with van der Waals surface area (Å²) >= 11 is 0. The molecule has 0 bridgehead atoms. The van der Waals surface area contributed by atoms with Crippen LogP contribution in [0.4, 0.5) is 0 Å². The predicted octanol–water partition coefficient (Wildman–Crippen LogP) is 3.50. The van der Waals surface area contributed by atoms with E-state index in [1.807, 2.05) is 0 Å². The van der Waals surface area contributed by atoms with Crippen LogP contribution in [0.25, 0.3) is 0 Å². The number of rotatable bonds is 5. The minimum atomic E-state index is -3.30. The van der Waals surface area contributed by atoms with Crippen LogP contribution >= 0.6 is 7.60 Å². The second-order valence-electron chi connectivity index (χ2n) is 3.92. The Hall–Kier alpha value is -0.150. The van der Waals surface area contributed by atoms with E-state index in [9.17, 15) is 4.57 Å². The molecule has 1 unspecified atom stereocenters. The quantitative estimate of drug-likeness (QED) is 0.405. The largest absolute Gasteiger partial charge is 0.383 e. The lowest BCUT2D eigenvalue weighted by molar-refractivity contribution is -0.280. The predicted molar refractivity (Wildman–Crippen MR) is 56.0 cm³/mol. The summed E-state index contributed by atoms with van der Waals surface area (Å²) in [7, 11) is -3.30. The van der Waals surface area contributed by atoms with Gasteiger partial charge in [-0.1, -0.05) is 6.58 Å². The van der Waals surface area contributed by atoms with Crippen LogP contribution < -0.4 is 0 Å². The summed E-state index contributed by atoms with van der Waals surface area (Å²) in [6, 6.07) is 0. The number of hydrogen-bond acceptors (Lipinski definition) is 4. The van der Waals surface area contributed by atoms with Gasteiger partial charge in [-0.25, -0.2) is 4.89 Å². The molecule has 0 aromatic rings. The molecule has 0 aliphatic rings. The van der Waals surface area contributed by atoms with Gasteiger partial charge in [0, 0.05) is 5.31 Å². The smallest absolute Gasteiger partial charge is 0.304 e. The molecule has 0 aromatic carbocycles. The third kappa shape index (κ3) is 4.91. The van der Waals surface area contributed by atoms with Gasteiger partial charge in [0.25, 0.3) is 0 Å². The van der Waals surface area contributed by atoms with E-state index in [2.05, 4.69) is 6.58 Å². The van der Waals surface area contributed by atoms with Gasteiger partial charge in [0.1, 0.15) is 0 Å². The van der Waals surface area contributed by atoms with Crippen molar-refractivity contribution in [1.82, 2.24) is 0 Å². The Morgan fingerprint density at radius 3 is 2.21 bits per heavy atom. The first-order chi connectivity index (χ1) is 6.21. The molecule has 0 saturated carbocycles. The molecule has 4 nitrogen and oxygen atoms in total. The zero-order chi connectivity index (χ0) is 11.4. The van der Waals surface area contributed by atoms with Crippen molar-refractivity contribution in [1.29, 1.82) is 0 Å². The molecule has 5 heteroatoms. The fourth-order valence-electron chi connectivity index (χ4n) is 0.526. The van der Waals surface area contributed by atoms with Crippen molar-refractivity contribution in [3.63, 3.8) is 0 Å². The zero-order valence-electron chi connectivity index (χ0n) is 9.49. The van der Waals surface area contributed by atoms with Gasteiger partial charge in [0.2, 0.25) is 0 Å². The molecule has 0 fully saturated rings. The van der Waals surface area contributed by atoms with Gasteiger partial charge in [0.15, 0.2) is 0 Å². The highest BCUT2D eigenvalue weighted by atomic mass is 31.2. The van der Waals surface area contributed by atoms with Crippen LogP contribution in [0.15, 0.2) is 11.9 Å². The minimum Gasteiger partial charge on any atom is -0.304 e. The molecule has 0 radical (unpaired) electrons. The minimum absolute atomic E-state index is 0.289. The highest BCUT2D eigenvalue weighted by Gasteiger charge is 2.29. The van der Waals surface area contributed by atoms with Crippen molar-refractivity contribution >= 4 is 7.60 Å². The molecule has 14 heavy (non-hydrogen) atoms. The highest BCUT2D eigenvalue weighted by Crippen LogP contribution is 2.55. The Labute approximate surface area is 85.7 Å². The molecular formula is C9H19O4P. The summed E-state index contributed by atoms with van der Waals surface area (Å²) in [6.07, 6.45) is 0. The summed E-state index contributed by atoms with van der Waals surface area (Å²) < 4.78 is 21.7. The van der Waals surface area contributed by atoms with Gasteiger partial charge in [-0.3, -0.25) is 4.57 Å². The van der Waals surface area contributed by atoms with Gasteiger partial charge in [0.05, 0.1) is 12.2 Å². The first-order valence-corrected chi connectivity index (χ1v) is 6.03. The van der Waals surface area contributed by atoms with Crippen LogP contribution in [0, 0.1) is 0 Å². The van der Waals surface area contributed by atoms with E-state index in [-0.39, 0.29) is 6.61 Å². The number of hydrogen-bond donors (Lipinski definition) is 0. The average molecular weight is 222 g/mol. The molecular weight excluding hydrogens is 203 g/mol. The molecule has 0 aliphatic heterocycles. The molecule has 0 aromatic heterocycles. The second kappa shape index (κ2) is 5.08. The highest BCUT2D eigenvalue weighted by molar-refractivity contribution is 7.58. The zero-order valence-corrected chi connectivity index (χ0v) is 10.4. The van der Waals surface area contributed by atoms with Gasteiger partial charge < -0.3 is 4.52 Å².